The Kier molecular flexibility index (Phi) is 3.74. The molecule has 0 spiro atoms. The summed E-state index contributed by atoms with van der Waals surface area (Å²) in [5.41, 5.74) is -0.302. The van der Waals surface area contributed by atoms with Gasteiger partial charge in [0.1, 0.15) is 5.67 Å². The minimum absolute atomic E-state index is 0.352. The molecule has 2 heteroatoms. The minimum atomic E-state index is -1.06. The molecule has 0 aromatic rings. The van der Waals surface area contributed by atoms with E-state index in [1.807, 2.05) is 0 Å². The van der Waals surface area contributed by atoms with Crippen LogP contribution in [0.1, 0.15) is 54.4 Å². The van der Waals surface area contributed by atoms with Crippen LogP contribution >= 0.6 is 0 Å². The summed E-state index contributed by atoms with van der Waals surface area (Å²) in [4.78, 5) is 2.27. The first-order valence-corrected chi connectivity index (χ1v) is 6.45. The summed E-state index contributed by atoms with van der Waals surface area (Å²) in [5, 5.41) is 0. The van der Waals surface area contributed by atoms with Crippen molar-refractivity contribution in [1.82, 2.24) is 4.90 Å². The van der Waals surface area contributed by atoms with Gasteiger partial charge in [0.15, 0.2) is 0 Å². The van der Waals surface area contributed by atoms with Gasteiger partial charge in [0, 0.05) is 6.54 Å². The molecular weight excluding hydrogens is 201 g/mol. The number of likely N-dealkylation sites (tertiary alicyclic amines) is 1. The van der Waals surface area contributed by atoms with Crippen LogP contribution in [-0.2, 0) is 0 Å². The van der Waals surface area contributed by atoms with Crippen molar-refractivity contribution in [3.63, 3.8) is 0 Å². The van der Waals surface area contributed by atoms with Gasteiger partial charge in [-0.15, -0.1) is 0 Å². The summed E-state index contributed by atoms with van der Waals surface area (Å²) in [5.74, 6) is 0. The Labute approximate surface area is 100 Å². The Bertz CT molecular complexity index is 226. The highest BCUT2D eigenvalue weighted by molar-refractivity contribution is 4.92. The number of hydrogen-bond donors (Lipinski definition) is 0. The molecule has 1 aliphatic rings. The lowest BCUT2D eigenvalue weighted by Crippen LogP contribution is -2.47. The normalized spacial score (nSPS) is 23.4. The average molecular weight is 229 g/mol. The van der Waals surface area contributed by atoms with Crippen LogP contribution in [-0.4, -0.2) is 30.2 Å². The van der Waals surface area contributed by atoms with E-state index in [0.29, 0.717) is 17.4 Å². The van der Waals surface area contributed by atoms with Gasteiger partial charge in [-0.05, 0) is 50.6 Å². The molecule has 0 bridgehead atoms. The number of hydrogen-bond acceptors (Lipinski definition) is 1. The van der Waals surface area contributed by atoms with E-state index in [-0.39, 0.29) is 0 Å². The Morgan fingerprint density at radius 2 is 1.50 bits per heavy atom. The summed E-state index contributed by atoms with van der Waals surface area (Å²) in [6, 6.07) is 0. The number of piperidine rings is 1. The van der Waals surface area contributed by atoms with Crippen molar-refractivity contribution in [1.29, 1.82) is 0 Å². The molecule has 0 radical (unpaired) electrons. The highest BCUT2D eigenvalue weighted by Crippen LogP contribution is 2.46. The first kappa shape index (κ1) is 14.0. The largest absolute Gasteiger partial charge is 0.300 e. The van der Waals surface area contributed by atoms with Gasteiger partial charge in [-0.3, -0.25) is 0 Å². The van der Waals surface area contributed by atoms with E-state index < -0.39 is 5.67 Å². The van der Waals surface area contributed by atoms with E-state index in [1.54, 1.807) is 13.8 Å². The van der Waals surface area contributed by atoms with Crippen molar-refractivity contribution in [2.45, 2.75) is 60.1 Å². The molecule has 1 fully saturated rings. The molecule has 0 saturated carbocycles. The molecule has 0 N–H and O–H groups in total. The molecular formula is C14H28FN. The van der Waals surface area contributed by atoms with Gasteiger partial charge in [-0.2, -0.15) is 0 Å². The van der Waals surface area contributed by atoms with Crippen molar-refractivity contribution in [3.05, 3.63) is 0 Å². The van der Waals surface area contributed by atoms with Crippen LogP contribution in [0.4, 0.5) is 4.39 Å². The summed E-state index contributed by atoms with van der Waals surface area (Å²) in [6.07, 6.45) is 2.37. The maximum atomic E-state index is 13.6. The molecule has 0 aromatic carbocycles. The first-order chi connectivity index (χ1) is 7.04. The summed E-state index contributed by atoms with van der Waals surface area (Å²) < 4.78 is 13.6. The smallest absolute Gasteiger partial charge is 0.118 e. The van der Waals surface area contributed by atoms with E-state index in [4.69, 9.17) is 0 Å². The lowest BCUT2D eigenvalue weighted by molar-refractivity contribution is 0.00559. The Morgan fingerprint density at radius 3 is 1.81 bits per heavy atom. The van der Waals surface area contributed by atoms with Crippen LogP contribution in [0.2, 0.25) is 0 Å². The predicted octanol–water partition coefficient (Wildman–Crippen LogP) is 3.88. The van der Waals surface area contributed by atoms with Crippen LogP contribution < -0.4 is 0 Å². The van der Waals surface area contributed by atoms with E-state index in [9.17, 15) is 4.39 Å². The zero-order valence-corrected chi connectivity index (χ0v) is 11.9. The van der Waals surface area contributed by atoms with Gasteiger partial charge in [0.05, 0.1) is 0 Å². The SMILES string of the molecule is CC(C)(F)CN1CCC(C)(C(C)(C)C)CC1. The topological polar surface area (TPSA) is 3.24 Å². The monoisotopic (exact) mass is 229 g/mol. The third-order valence-electron chi connectivity index (χ3n) is 4.37. The molecule has 1 saturated heterocycles. The van der Waals surface area contributed by atoms with Gasteiger partial charge in [0.25, 0.3) is 0 Å². The van der Waals surface area contributed by atoms with Crippen molar-refractivity contribution in [2.24, 2.45) is 10.8 Å². The van der Waals surface area contributed by atoms with Crippen LogP contribution in [0.25, 0.3) is 0 Å². The lowest BCUT2D eigenvalue weighted by atomic mass is 9.63. The highest BCUT2D eigenvalue weighted by atomic mass is 19.1. The van der Waals surface area contributed by atoms with Crippen LogP contribution in [0, 0.1) is 10.8 Å². The van der Waals surface area contributed by atoms with E-state index >= 15 is 0 Å². The molecule has 1 heterocycles. The first-order valence-electron chi connectivity index (χ1n) is 6.45. The minimum Gasteiger partial charge on any atom is -0.300 e. The highest BCUT2D eigenvalue weighted by Gasteiger charge is 2.40. The van der Waals surface area contributed by atoms with Crippen molar-refractivity contribution < 1.29 is 4.39 Å². The van der Waals surface area contributed by atoms with Crippen molar-refractivity contribution >= 4 is 0 Å². The molecule has 0 amide bonds. The number of halogens is 1. The lowest BCUT2D eigenvalue weighted by Gasteiger charge is -2.48. The maximum absolute atomic E-state index is 13.6. The second-order valence-electron chi connectivity index (χ2n) is 7.31. The standard InChI is InChI=1S/C14H28FN/c1-12(2,3)14(6)7-9-16(10-8-14)11-13(4,5)15/h7-11H2,1-6H3. The quantitative estimate of drug-likeness (QED) is 0.694. The molecule has 1 aliphatic heterocycles. The second-order valence-corrected chi connectivity index (χ2v) is 7.31. The molecule has 16 heavy (non-hydrogen) atoms. The molecule has 1 nitrogen and oxygen atoms in total. The maximum Gasteiger partial charge on any atom is 0.118 e. The fourth-order valence-corrected chi connectivity index (χ4v) is 2.49. The zero-order valence-electron chi connectivity index (χ0n) is 11.9. The van der Waals surface area contributed by atoms with Gasteiger partial charge < -0.3 is 4.90 Å². The number of nitrogens with zero attached hydrogens (tertiary/aromatic N) is 1. The second kappa shape index (κ2) is 4.29. The van der Waals surface area contributed by atoms with Crippen molar-refractivity contribution in [2.75, 3.05) is 19.6 Å². The Morgan fingerprint density at radius 1 is 1.06 bits per heavy atom. The zero-order chi connectivity index (χ0) is 12.6. The van der Waals surface area contributed by atoms with E-state index in [2.05, 4.69) is 32.6 Å². The molecule has 0 unspecified atom stereocenters. The molecule has 0 aliphatic carbocycles. The van der Waals surface area contributed by atoms with Gasteiger partial charge in [0.2, 0.25) is 0 Å². The Hall–Kier alpha value is -0.110. The Balaban J connectivity index is 2.52. The van der Waals surface area contributed by atoms with Crippen LogP contribution in [0.5, 0.6) is 0 Å². The fourth-order valence-electron chi connectivity index (χ4n) is 2.49. The van der Waals surface area contributed by atoms with Gasteiger partial charge in [-0.25, -0.2) is 4.39 Å². The van der Waals surface area contributed by atoms with Crippen LogP contribution in [0.15, 0.2) is 0 Å². The fraction of sp³-hybridized carbons (Fsp3) is 1.00. The predicted molar refractivity (Wildman–Crippen MR) is 68.4 cm³/mol. The molecule has 0 atom stereocenters. The van der Waals surface area contributed by atoms with Gasteiger partial charge >= 0.3 is 0 Å². The molecule has 0 aromatic heterocycles. The summed E-state index contributed by atoms with van der Waals surface area (Å²) >= 11 is 0. The van der Waals surface area contributed by atoms with E-state index in [1.165, 1.54) is 12.8 Å². The summed E-state index contributed by atoms with van der Waals surface area (Å²) in [6.45, 7) is 15.3. The molecule has 1 rings (SSSR count). The van der Waals surface area contributed by atoms with Crippen molar-refractivity contribution in [3.8, 4) is 0 Å². The number of rotatable bonds is 2. The molecule has 96 valence electrons. The third kappa shape index (κ3) is 3.44. The van der Waals surface area contributed by atoms with Crippen LogP contribution in [0.3, 0.4) is 0 Å². The van der Waals surface area contributed by atoms with Gasteiger partial charge in [-0.1, -0.05) is 27.7 Å². The van der Waals surface area contributed by atoms with E-state index in [0.717, 1.165) is 13.1 Å². The average Bonchev–Trinajstić information content (AvgIpc) is 2.05. The number of alkyl halides is 1. The third-order valence-corrected chi connectivity index (χ3v) is 4.37. The summed E-state index contributed by atoms with van der Waals surface area (Å²) in [7, 11) is 0.